The fourth-order valence-electron chi connectivity index (χ4n) is 3.52. The van der Waals surface area contributed by atoms with Gasteiger partial charge >= 0.3 is 0 Å². The van der Waals surface area contributed by atoms with E-state index in [1.165, 1.54) is 36.8 Å². The molecule has 152 valence electrons. The molecule has 1 unspecified atom stereocenters. The van der Waals surface area contributed by atoms with Crippen molar-refractivity contribution in [1.82, 2.24) is 0 Å². The average molecular weight is 413 g/mol. The molecule has 2 rings (SSSR count). The van der Waals surface area contributed by atoms with Crippen LogP contribution in [0, 0.1) is 0 Å². The molecule has 1 aromatic carbocycles. The maximum Gasteiger partial charge on any atom is 0.123 e. The van der Waals surface area contributed by atoms with Crippen LogP contribution in [0.15, 0.2) is 30.3 Å². The summed E-state index contributed by atoms with van der Waals surface area (Å²) in [5, 5.41) is 0. The van der Waals surface area contributed by atoms with Gasteiger partial charge in [-0.15, -0.1) is 23.2 Å². The first-order chi connectivity index (χ1) is 13.2. The summed E-state index contributed by atoms with van der Waals surface area (Å²) in [6.45, 7) is 3.75. The first-order valence-corrected chi connectivity index (χ1v) is 11.5. The molecule has 0 N–H and O–H groups in total. The number of hydrogen-bond acceptors (Lipinski definition) is 2. The molecular formula is C23H34Cl2O2. The molecule has 0 saturated heterocycles. The molecule has 1 aromatic rings. The first kappa shape index (κ1) is 22.6. The van der Waals surface area contributed by atoms with Crippen molar-refractivity contribution in [3.05, 3.63) is 41.5 Å². The third kappa shape index (κ3) is 7.33. The molecule has 0 bridgehead atoms. The Morgan fingerprint density at radius 1 is 0.852 bits per heavy atom. The van der Waals surface area contributed by atoms with Crippen LogP contribution in [0.4, 0.5) is 0 Å². The lowest BCUT2D eigenvalue weighted by Crippen LogP contribution is -2.30. The number of halogens is 2. The third-order valence-corrected chi connectivity index (χ3v) is 5.71. The number of fused-ring (bicyclic) bond motifs is 1. The van der Waals surface area contributed by atoms with Gasteiger partial charge in [-0.05, 0) is 44.2 Å². The zero-order valence-electron chi connectivity index (χ0n) is 16.7. The van der Waals surface area contributed by atoms with Crippen molar-refractivity contribution < 1.29 is 9.47 Å². The van der Waals surface area contributed by atoms with Crippen LogP contribution in [0.25, 0.3) is 5.76 Å². The number of benzene rings is 1. The van der Waals surface area contributed by atoms with Crippen molar-refractivity contribution in [2.24, 2.45) is 0 Å². The number of unbranched alkanes of at least 4 members (excludes halogenated alkanes) is 6. The van der Waals surface area contributed by atoms with E-state index in [1.807, 2.05) is 0 Å². The van der Waals surface area contributed by atoms with Gasteiger partial charge < -0.3 is 9.47 Å². The highest BCUT2D eigenvalue weighted by Crippen LogP contribution is 2.40. The topological polar surface area (TPSA) is 18.5 Å². The average Bonchev–Trinajstić information content (AvgIpc) is 2.69. The highest BCUT2D eigenvalue weighted by molar-refractivity contribution is 6.18. The van der Waals surface area contributed by atoms with Crippen LogP contribution in [-0.2, 0) is 15.1 Å². The second-order valence-corrected chi connectivity index (χ2v) is 8.21. The maximum absolute atomic E-state index is 6.35. The third-order valence-electron chi connectivity index (χ3n) is 5.17. The molecule has 27 heavy (non-hydrogen) atoms. The van der Waals surface area contributed by atoms with Gasteiger partial charge in [-0.3, -0.25) is 0 Å². The van der Waals surface area contributed by atoms with E-state index >= 15 is 0 Å². The molecular weight excluding hydrogens is 379 g/mol. The molecule has 0 fully saturated rings. The Morgan fingerprint density at radius 2 is 1.48 bits per heavy atom. The smallest absolute Gasteiger partial charge is 0.123 e. The van der Waals surface area contributed by atoms with Gasteiger partial charge in [0.15, 0.2) is 0 Å². The van der Waals surface area contributed by atoms with Gasteiger partial charge in [-0.1, -0.05) is 49.9 Å². The fourth-order valence-corrected chi connectivity index (χ4v) is 3.90. The van der Waals surface area contributed by atoms with E-state index in [0.29, 0.717) is 0 Å². The van der Waals surface area contributed by atoms with E-state index in [4.69, 9.17) is 32.7 Å². The summed E-state index contributed by atoms with van der Waals surface area (Å²) in [4.78, 5) is 0. The molecule has 0 radical (unpaired) electrons. The Morgan fingerprint density at radius 3 is 2.19 bits per heavy atom. The Bertz CT molecular complexity index is 573. The van der Waals surface area contributed by atoms with Gasteiger partial charge in [-0.2, -0.15) is 0 Å². The van der Waals surface area contributed by atoms with E-state index in [2.05, 4.69) is 37.3 Å². The van der Waals surface area contributed by atoms with Crippen LogP contribution in [0.1, 0.15) is 75.8 Å². The standard InChI is InChI=1S/C23H34Cl2O2/c1-23(27-19-11-5-3-9-17-25)15-14-22(20-12-6-7-13-21(20)23)26-18-10-4-2-8-16-24/h6-7,12-14H,2-5,8-11,15-19H2,1H3. The van der Waals surface area contributed by atoms with Crippen molar-refractivity contribution in [3.8, 4) is 0 Å². The van der Waals surface area contributed by atoms with Gasteiger partial charge in [0, 0.05) is 30.4 Å². The number of alkyl halides is 2. The minimum atomic E-state index is -0.268. The van der Waals surface area contributed by atoms with Crippen molar-refractivity contribution in [3.63, 3.8) is 0 Å². The first-order valence-electron chi connectivity index (χ1n) is 10.4. The minimum Gasteiger partial charge on any atom is -0.493 e. The molecule has 0 aliphatic heterocycles. The summed E-state index contributed by atoms with van der Waals surface area (Å²) in [7, 11) is 0. The molecule has 2 nitrogen and oxygen atoms in total. The molecule has 0 heterocycles. The summed E-state index contributed by atoms with van der Waals surface area (Å²) in [5.74, 6) is 2.52. The maximum atomic E-state index is 6.35. The lowest BCUT2D eigenvalue weighted by Gasteiger charge is -2.35. The summed E-state index contributed by atoms with van der Waals surface area (Å²) >= 11 is 11.5. The van der Waals surface area contributed by atoms with E-state index < -0.39 is 0 Å². The molecule has 0 aromatic heterocycles. The summed E-state index contributed by atoms with van der Waals surface area (Å²) in [6.07, 6.45) is 12.1. The second kappa shape index (κ2) is 12.7. The molecule has 1 aliphatic carbocycles. The van der Waals surface area contributed by atoms with Crippen LogP contribution in [0.2, 0.25) is 0 Å². The predicted molar refractivity (Wildman–Crippen MR) is 117 cm³/mol. The fraction of sp³-hybridized carbons (Fsp3) is 0.652. The van der Waals surface area contributed by atoms with Gasteiger partial charge in [0.25, 0.3) is 0 Å². The Hall–Kier alpha value is -0.700. The minimum absolute atomic E-state index is 0.268. The van der Waals surface area contributed by atoms with Crippen LogP contribution in [-0.4, -0.2) is 25.0 Å². The molecule has 4 heteroatoms. The monoisotopic (exact) mass is 412 g/mol. The van der Waals surface area contributed by atoms with Gasteiger partial charge in [0.05, 0.1) is 12.2 Å². The van der Waals surface area contributed by atoms with Gasteiger partial charge in [0.1, 0.15) is 5.76 Å². The largest absolute Gasteiger partial charge is 0.493 e. The second-order valence-electron chi connectivity index (χ2n) is 7.45. The summed E-state index contributed by atoms with van der Waals surface area (Å²) in [6, 6.07) is 8.50. The highest BCUT2D eigenvalue weighted by Gasteiger charge is 2.33. The zero-order chi connectivity index (χ0) is 19.4. The predicted octanol–water partition coefficient (Wildman–Crippen LogP) is 7.28. The van der Waals surface area contributed by atoms with Crippen LogP contribution < -0.4 is 0 Å². The summed E-state index contributed by atoms with van der Waals surface area (Å²) < 4.78 is 12.5. The molecule has 0 saturated carbocycles. The molecule has 0 amide bonds. The number of rotatable bonds is 14. The Kier molecular flexibility index (Phi) is 10.6. The van der Waals surface area contributed by atoms with Crippen LogP contribution in [0.5, 0.6) is 0 Å². The van der Waals surface area contributed by atoms with Crippen molar-refractivity contribution in [2.75, 3.05) is 25.0 Å². The van der Waals surface area contributed by atoms with Crippen LogP contribution >= 0.6 is 23.2 Å². The normalized spacial score (nSPS) is 18.9. The van der Waals surface area contributed by atoms with Crippen molar-refractivity contribution in [2.45, 2.75) is 70.3 Å². The van der Waals surface area contributed by atoms with Crippen molar-refractivity contribution in [1.29, 1.82) is 0 Å². The van der Waals surface area contributed by atoms with E-state index in [1.54, 1.807) is 0 Å². The highest BCUT2D eigenvalue weighted by atomic mass is 35.5. The van der Waals surface area contributed by atoms with Gasteiger partial charge in [-0.25, -0.2) is 0 Å². The van der Waals surface area contributed by atoms with E-state index in [9.17, 15) is 0 Å². The number of hydrogen-bond donors (Lipinski definition) is 0. The Labute approximate surface area is 175 Å². The Balaban J connectivity index is 1.87. The lowest BCUT2D eigenvalue weighted by atomic mass is 9.83. The molecule has 1 atom stereocenters. The van der Waals surface area contributed by atoms with Gasteiger partial charge in [0.2, 0.25) is 0 Å². The molecule has 1 aliphatic rings. The zero-order valence-corrected chi connectivity index (χ0v) is 18.2. The quantitative estimate of drug-likeness (QED) is 0.236. The number of ether oxygens (including phenoxy) is 2. The van der Waals surface area contributed by atoms with Crippen LogP contribution in [0.3, 0.4) is 0 Å². The van der Waals surface area contributed by atoms with E-state index in [0.717, 1.165) is 62.8 Å². The van der Waals surface area contributed by atoms with E-state index in [-0.39, 0.29) is 5.60 Å². The summed E-state index contributed by atoms with van der Waals surface area (Å²) in [5.41, 5.74) is 2.15. The SMILES string of the molecule is CC1(OCCCCCCCl)CC=C(OCCCCCCCl)c2ccccc21. The lowest BCUT2D eigenvalue weighted by molar-refractivity contribution is -0.0378. The van der Waals surface area contributed by atoms with Crippen molar-refractivity contribution >= 4 is 29.0 Å². The molecule has 0 spiro atoms.